The highest BCUT2D eigenvalue weighted by atomic mass is 79.9. The lowest BCUT2D eigenvalue weighted by Crippen LogP contribution is -2.22. The maximum atomic E-state index is 8.81. The molecule has 0 bridgehead atoms. The van der Waals surface area contributed by atoms with Crippen LogP contribution in [0.15, 0.2) is 22.7 Å². The largest absolute Gasteiger partial charge is 0.395 e. The summed E-state index contributed by atoms with van der Waals surface area (Å²) in [4.78, 5) is 9.76. The molecule has 0 amide bonds. The highest BCUT2D eigenvalue weighted by molar-refractivity contribution is 9.10. The van der Waals surface area contributed by atoms with E-state index in [-0.39, 0.29) is 6.61 Å². The van der Waals surface area contributed by atoms with Gasteiger partial charge in [0.25, 0.3) is 0 Å². The van der Waals surface area contributed by atoms with Crippen molar-refractivity contribution in [3.8, 4) is 0 Å². The third-order valence-corrected chi connectivity index (χ3v) is 2.89. The van der Waals surface area contributed by atoms with Crippen molar-refractivity contribution in [1.29, 1.82) is 0 Å². The number of likely N-dealkylation sites (N-methyl/N-ethyl adjacent to an activating group) is 1. The molecule has 0 atom stereocenters. The number of benzene rings is 1. The fraction of sp³-hybridized carbons (Fsp3) is 0.364. The fourth-order valence-corrected chi connectivity index (χ4v) is 1.98. The van der Waals surface area contributed by atoms with Crippen molar-refractivity contribution in [1.82, 2.24) is 14.9 Å². The minimum Gasteiger partial charge on any atom is -0.395 e. The zero-order chi connectivity index (χ0) is 11.5. The number of aliphatic hydroxyl groups excluding tert-OH is 1. The van der Waals surface area contributed by atoms with Crippen LogP contribution in [0.3, 0.4) is 0 Å². The van der Waals surface area contributed by atoms with E-state index in [1.54, 1.807) is 0 Å². The van der Waals surface area contributed by atoms with E-state index < -0.39 is 0 Å². The Bertz CT molecular complexity index is 483. The van der Waals surface area contributed by atoms with Crippen LogP contribution in [-0.2, 0) is 6.54 Å². The predicted octanol–water partition coefficient (Wildman–Crippen LogP) is 1.75. The van der Waals surface area contributed by atoms with Gasteiger partial charge in [-0.25, -0.2) is 4.98 Å². The molecule has 2 rings (SSSR count). The molecule has 2 aromatic rings. The molecule has 86 valence electrons. The topological polar surface area (TPSA) is 52.1 Å². The second-order valence-electron chi connectivity index (χ2n) is 3.81. The minimum absolute atomic E-state index is 0.169. The Balaban J connectivity index is 2.19. The monoisotopic (exact) mass is 283 g/mol. The lowest BCUT2D eigenvalue weighted by Gasteiger charge is -2.12. The quantitative estimate of drug-likeness (QED) is 0.899. The van der Waals surface area contributed by atoms with Crippen LogP contribution in [-0.4, -0.2) is 40.2 Å². The van der Waals surface area contributed by atoms with Gasteiger partial charge in [0, 0.05) is 11.0 Å². The van der Waals surface area contributed by atoms with Crippen LogP contribution in [0.4, 0.5) is 0 Å². The molecular formula is C11H14BrN3O. The highest BCUT2D eigenvalue weighted by Gasteiger charge is 2.05. The van der Waals surface area contributed by atoms with Gasteiger partial charge in [0.1, 0.15) is 5.82 Å². The number of nitrogens with one attached hydrogen (secondary N) is 1. The lowest BCUT2D eigenvalue weighted by molar-refractivity contribution is 0.215. The van der Waals surface area contributed by atoms with Crippen molar-refractivity contribution in [3.05, 3.63) is 28.5 Å². The molecule has 16 heavy (non-hydrogen) atoms. The molecule has 4 nitrogen and oxygen atoms in total. The first-order valence-corrected chi connectivity index (χ1v) is 5.92. The zero-order valence-electron chi connectivity index (χ0n) is 9.07. The Hall–Kier alpha value is -0.910. The van der Waals surface area contributed by atoms with Crippen LogP contribution in [0.1, 0.15) is 5.82 Å². The van der Waals surface area contributed by atoms with Crippen molar-refractivity contribution in [2.75, 3.05) is 20.2 Å². The maximum absolute atomic E-state index is 8.81. The smallest absolute Gasteiger partial charge is 0.121 e. The van der Waals surface area contributed by atoms with Gasteiger partial charge in [0.05, 0.1) is 24.2 Å². The Morgan fingerprint density at radius 2 is 2.31 bits per heavy atom. The van der Waals surface area contributed by atoms with E-state index in [9.17, 15) is 0 Å². The van der Waals surface area contributed by atoms with Gasteiger partial charge in [-0.1, -0.05) is 15.9 Å². The highest BCUT2D eigenvalue weighted by Crippen LogP contribution is 2.17. The standard InChI is InChI=1S/C11H14BrN3O/c1-15(4-5-16)7-11-13-9-3-2-8(12)6-10(9)14-11/h2-3,6,16H,4-5,7H2,1H3,(H,13,14). The van der Waals surface area contributed by atoms with Crippen LogP contribution >= 0.6 is 15.9 Å². The predicted molar refractivity (Wildman–Crippen MR) is 67.2 cm³/mol. The van der Waals surface area contributed by atoms with E-state index >= 15 is 0 Å². The molecule has 0 saturated carbocycles. The molecule has 5 heteroatoms. The number of hydrogen-bond donors (Lipinski definition) is 2. The summed E-state index contributed by atoms with van der Waals surface area (Å²) in [5.74, 6) is 0.920. The van der Waals surface area contributed by atoms with Crippen LogP contribution < -0.4 is 0 Å². The van der Waals surface area contributed by atoms with Gasteiger partial charge in [0.2, 0.25) is 0 Å². The second-order valence-corrected chi connectivity index (χ2v) is 4.72. The molecule has 0 aliphatic carbocycles. The summed E-state index contributed by atoms with van der Waals surface area (Å²) in [6.45, 7) is 1.54. The van der Waals surface area contributed by atoms with Gasteiger partial charge in [-0.15, -0.1) is 0 Å². The summed E-state index contributed by atoms with van der Waals surface area (Å²) in [7, 11) is 1.96. The van der Waals surface area contributed by atoms with Crippen molar-refractivity contribution in [3.63, 3.8) is 0 Å². The molecule has 2 N–H and O–H groups in total. The Kier molecular flexibility index (Phi) is 3.58. The van der Waals surface area contributed by atoms with Crippen LogP contribution in [0.2, 0.25) is 0 Å². The number of aromatic nitrogens is 2. The molecule has 0 aliphatic heterocycles. The third kappa shape index (κ3) is 2.61. The van der Waals surface area contributed by atoms with Crippen molar-refractivity contribution in [2.24, 2.45) is 0 Å². The normalized spacial score (nSPS) is 11.5. The lowest BCUT2D eigenvalue weighted by atomic mass is 10.3. The van der Waals surface area contributed by atoms with E-state index in [2.05, 4.69) is 25.9 Å². The van der Waals surface area contributed by atoms with Crippen molar-refractivity contribution < 1.29 is 5.11 Å². The molecule has 1 aromatic heterocycles. The molecule has 0 aliphatic rings. The number of aliphatic hydroxyl groups is 1. The average Bonchev–Trinajstić information content (AvgIpc) is 2.59. The number of H-pyrrole nitrogens is 1. The molecule has 0 radical (unpaired) electrons. The molecule has 1 heterocycles. The molecule has 0 unspecified atom stereocenters. The van der Waals surface area contributed by atoms with Gasteiger partial charge in [-0.3, -0.25) is 4.90 Å². The van der Waals surface area contributed by atoms with Crippen LogP contribution in [0.25, 0.3) is 11.0 Å². The Morgan fingerprint density at radius 3 is 3.06 bits per heavy atom. The fourth-order valence-electron chi connectivity index (χ4n) is 1.61. The number of fused-ring (bicyclic) bond motifs is 1. The first-order valence-electron chi connectivity index (χ1n) is 5.12. The number of rotatable bonds is 4. The molecule has 1 aromatic carbocycles. The number of hydrogen-bond acceptors (Lipinski definition) is 3. The van der Waals surface area contributed by atoms with Crippen LogP contribution in [0.5, 0.6) is 0 Å². The molecule has 0 fully saturated rings. The molecule has 0 saturated heterocycles. The van der Waals surface area contributed by atoms with E-state index in [4.69, 9.17) is 5.11 Å². The summed E-state index contributed by atoms with van der Waals surface area (Å²) in [6, 6.07) is 5.97. The van der Waals surface area contributed by atoms with E-state index in [0.717, 1.165) is 21.3 Å². The molecule has 0 spiro atoms. The van der Waals surface area contributed by atoms with E-state index in [0.29, 0.717) is 13.1 Å². The Morgan fingerprint density at radius 1 is 1.50 bits per heavy atom. The first kappa shape index (κ1) is 11.6. The van der Waals surface area contributed by atoms with Gasteiger partial charge in [-0.2, -0.15) is 0 Å². The summed E-state index contributed by atoms with van der Waals surface area (Å²) < 4.78 is 1.04. The van der Waals surface area contributed by atoms with Crippen LogP contribution in [0, 0.1) is 0 Å². The average molecular weight is 284 g/mol. The third-order valence-electron chi connectivity index (χ3n) is 2.39. The zero-order valence-corrected chi connectivity index (χ0v) is 10.7. The van der Waals surface area contributed by atoms with Gasteiger partial charge in [-0.05, 0) is 25.2 Å². The first-order chi connectivity index (χ1) is 7.69. The second kappa shape index (κ2) is 4.95. The maximum Gasteiger partial charge on any atom is 0.121 e. The minimum atomic E-state index is 0.169. The van der Waals surface area contributed by atoms with Gasteiger partial charge >= 0.3 is 0 Å². The summed E-state index contributed by atoms with van der Waals surface area (Å²) >= 11 is 3.43. The van der Waals surface area contributed by atoms with E-state index in [1.807, 2.05) is 30.1 Å². The summed E-state index contributed by atoms with van der Waals surface area (Å²) in [5, 5.41) is 8.81. The number of aromatic amines is 1. The number of halogens is 1. The Labute approximate surface area is 102 Å². The van der Waals surface area contributed by atoms with Gasteiger partial charge in [0.15, 0.2) is 0 Å². The molecular weight excluding hydrogens is 270 g/mol. The SMILES string of the molecule is CN(CCO)Cc1nc2ccc(Br)cc2[nH]1. The number of nitrogens with zero attached hydrogens (tertiary/aromatic N) is 2. The van der Waals surface area contributed by atoms with Gasteiger partial charge < -0.3 is 10.1 Å². The number of imidazole rings is 1. The van der Waals surface area contributed by atoms with Crippen molar-refractivity contribution >= 4 is 27.0 Å². The van der Waals surface area contributed by atoms with Crippen molar-refractivity contribution in [2.45, 2.75) is 6.54 Å². The summed E-state index contributed by atoms with van der Waals surface area (Å²) in [5.41, 5.74) is 2.00. The van der Waals surface area contributed by atoms with E-state index in [1.165, 1.54) is 0 Å². The summed E-state index contributed by atoms with van der Waals surface area (Å²) in [6.07, 6.45) is 0.